The maximum Gasteiger partial charge on any atom is 0.573 e. The Balaban J connectivity index is 2.36. The van der Waals surface area contributed by atoms with E-state index in [-0.39, 0.29) is 17.4 Å². The lowest BCUT2D eigenvalue weighted by Crippen LogP contribution is -2.18. The first-order chi connectivity index (χ1) is 10.6. The number of halogens is 6. The van der Waals surface area contributed by atoms with E-state index in [1.807, 2.05) is 0 Å². The molecular formula is C15H8F6O2. The normalized spacial score (nSPS) is 12.1. The van der Waals surface area contributed by atoms with E-state index in [0.717, 1.165) is 36.4 Å². The number of hydrogen-bond donors (Lipinski definition) is 0. The molecule has 0 bridgehead atoms. The maximum atomic E-state index is 12.5. The van der Waals surface area contributed by atoms with Crippen LogP contribution in [0.2, 0.25) is 0 Å². The van der Waals surface area contributed by atoms with E-state index < -0.39 is 23.9 Å². The van der Waals surface area contributed by atoms with Crippen LogP contribution in [-0.2, 0) is 6.18 Å². The Morgan fingerprint density at radius 1 is 0.826 bits per heavy atom. The van der Waals surface area contributed by atoms with Crippen molar-refractivity contribution in [2.24, 2.45) is 0 Å². The van der Waals surface area contributed by atoms with E-state index in [1.54, 1.807) is 0 Å². The number of aldehydes is 1. The van der Waals surface area contributed by atoms with Crippen LogP contribution in [0.4, 0.5) is 26.3 Å². The molecule has 0 radical (unpaired) electrons. The van der Waals surface area contributed by atoms with Gasteiger partial charge in [0.15, 0.2) is 6.29 Å². The van der Waals surface area contributed by atoms with Crippen molar-refractivity contribution in [2.45, 2.75) is 12.5 Å². The lowest BCUT2D eigenvalue weighted by atomic mass is 10.0. The molecule has 2 aromatic rings. The fourth-order valence-corrected chi connectivity index (χ4v) is 1.89. The van der Waals surface area contributed by atoms with Gasteiger partial charge in [0.2, 0.25) is 0 Å². The van der Waals surface area contributed by atoms with Crippen LogP contribution in [0.3, 0.4) is 0 Å². The molecule has 0 aliphatic heterocycles. The van der Waals surface area contributed by atoms with Crippen molar-refractivity contribution in [3.63, 3.8) is 0 Å². The molecule has 0 amide bonds. The molecule has 0 unspecified atom stereocenters. The van der Waals surface area contributed by atoms with Gasteiger partial charge in [-0.3, -0.25) is 4.79 Å². The number of carbonyl (C=O) groups excluding carboxylic acids is 1. The molecule has 2 rings (SSSR count). The van der Waals surface area contributed by atoms with Crippen molar-refractivity contribution in [2.75, 3.05) is 0 Å². The second kappa shape index (κ2) is 5.94. The summed E-state index contributed by atoms with van der Waals surface area (Å²) in [6, 6.07) is 7.28. The van der Waals surface area contributed by atoms with Gasteiger partial charge in [0, 0.05) is 0 Å². The minimum Gasteiger partial charge on any atom is -0.405 e. The second-order valence-corrected chi connectivity index (χ2v) is 4.49. The van der Waals surface area contributed by atoms with Gasteiger partial charge in [0.25, 0.3) is 0 Å². The number of alkyl halides is 6. The van der Waals surface area contributed by atoms with Crippen LogP contribution < -0.4 is 4.74 Å². The molecule has 23 heavy (non-hydrogen) atoms. The summed E-state index contributed by atoms with van der Waals surface area (Å²) in [5.41, 5.74) is -0.608. The highest BCUT2D eigenvalue weighted by atomic mass is 19.4. The highest BCUT2D eigenvalue weighted by Gasteiger charge is 2.32. The average Bonchev–Trinajstić information content (AvgIpc) is 2.45. The van der Waals surface area contributed by atoms with Crippen molar-refractivity contribution in [1.82, 2.24) is 0 Å². The fourth-order valence-electron chi connectivity index (χ4n) is 1.89. The molecule has 0 aromatic heterocycles. The Labute approximate surface area is 126 Å². The Kier molecular flexibility index (Phi) is 4.35. The molecule has 0 aliphatic rings. The zero-order valence-electron chi connectivity index (χ0n) is 11.2. The van der Waals surface area contributed by atoms with Crippen molar-refractivity contribution in [3.05, 3.63) is 53.6 Å². The lowest BCUT2D eigenvalue weighted by Gasteiger charge is -2.12. The minimum absolute atomic E-state index is 0.175. The van der Waals surface area contributed by atoms with Gasteiger partial charge in [0.1, 0.15) is 5.75 Å². The third-order valence-corrected chi connectivity index (χ3v) is 2.91. The van der Waals surface area contributed by atoms with Gasteiger partial charge >= 0.3 is 12.5 Å². The minimum atomic E-state index is -4.95. The third kappa shape index (κ3) is 4.24. The summed E-state index contributed by atoms with van der Waals surface area (Å²) >= 11 is 0. The summed E-state index contributed by atoms with van der Waals surface area (Å²) in [6.45, 7) is 0. The van der Waals surface area contributed by atoms with Crippen molar-refractivity contribution in [1.29, 1.82) is 0 Å². The first-order valence-corrected chi connectivity index (χ1v) is 6.13. The first-order valence-electron chi connectivity index (χ1n) is 6.13. The number of benzene rings is 2. The highest BCUT2D eigenvalue weighted by Crippen LogP contribution is 2.33. The highest BCUT2D eigenvalue weighted by molar-refractivity contribution is 5.83. The predicted molar refractivity (Wildman–Crippen MR) is 69.0 cm³/mol. The Bertz CT molecular complexity index is 701. The van der Waals surface area contributed by atoms with Gasteiger partial charge < -0.3 is 4.74 Å². The largest absolute Gasteiger partial charge is 0.573 e. The number of hydrogen-bond acceptors (Lipinski definition) is 2. The zero-order chi connectivity index (χ0) is 17.3. The molecule has 0 aliphatic carbocycles. The lowest BCUT2D eigenvalue weighted by molar-refractivity contribution is -0.274. The summed E-state index contributed by atoms with van der Waals surface area (Å²) in [6.07, 6.45) is -9.26. The SMILES string of the molecule is O=Cc1cc(-c2ccc(C(F)(F)F)cc2)ccc1OC(F)(F)F. The average molecular weight is 334 g/mol. The second-order valence-electron chi connectivity index (χ2n) is 4.49. The van der Waals surface area contributed by atoms with Crippen molar-refractivity contribution in [3.8, 4) is 16.9 Å². The van der Waals surface area contributed by atoms with E-state index in [2.05, 4.69) is 4.74 Å². The standard InChI is InChI=1S/C15H8F6O2/c16-14(17,18)12-4-1-9(2-5-12)10-3-6-13(11(7-10)8-22)23-15(19,20)21/h1-8H. The van der Waals surface area contributed by atoms with Crippen LogP contribution in [0.1, 0.15) is 15.9 Å². The molecule has 0 saturated heterocycles. The van der Waals surface area contributed by atoms with Crippen LogP contribution in [0, 0.1) is 0 Å². The van der Waals surface area contributed by atoms with Crippen LogP contribution in [0.5, 0.6) is 5.75 Å². The smallest absolute Gasteiger partial charge is 0.405 e. The number of rotatable bonds is 3. The first kappa shape index (κ1) is 16.9. The Morgan fingerprint density at radius 3 is 1.87 bits per heavy atom. The third-order valence-electron chi connectivity index (χ3n) is 2.91. The monoisotopic (exact) mass is 334 g/mol. The molecule has 2 aromatic carbocycles. The van der Waals surface area contributed by atoms with E-state index in [0.29, 0.717) is 5.56 Å². The molecule has 0 saturated carbocycles. The van der Waals surface area contributed by atoms with Crippen LogP contribution >= 0.6 is 0 Å². The van der Waals surface area contributed by atoms with Gasteiger partial charge in [-0.05, 0) is 35.4 Å². The van der Waals surface area contributed by atoms with Crippen LogP contribution in [0.15, 0.2) is 42.5 Å². The van der Waals surface area contributed by atoms with Gasteiger partial charge in [-0.1, -0.05) is 18.2 Å². The van der Waals surface area contributed by atoms with Gasteiger partial charge in [-0.15, -0.1) is 13.2 Å². The fraction of sp³-hybridized carbons (Fsp3) is 0.133. The Hall–Kier alpha value is -2.51. The molecule has 0 heterocycles. The molecule has 0 N–H and O–H groups in total. The van der Waals surface area contributed by atoms with Crippen molar-refractivity contribution < 1.29 is 35.9 Å². The molecule has 8 heteroatoms. The summed E-state index contributed by atoms with van der Waals surface area (Å²) < 4.78 is 77.7. The summed E-state index contributed by atoms with van der Waals surface area (Å²) in [7, 11) is 0. The van der Waals surface area contributed by atoms with Crippen LogP contribution in [-0.4, -0.2) is 12.6 Å². The van der Waals surface area contributed by atoms with Crippen molar-refractivity contribution >= 4 is 6.29 Å². The molecule has 0 fully saturated rings. The predicted octanol–water partition coefficient (Wildman–Crippen LogP) is 5.08. The van der Waals surface area contributed by atoms with E-state index >= 15 is 0 Å². The number of carbonyl (C=O) groups is 1. The zero-order valence-corrected chi connectivity index (χ0v) is 11.2. The number of ether oxygens (including phenoxy) is 1. The van der Waals surface area contributed by atoms with Gasteiger partial charge in [-0.2, -0.15) is 13.2 Å². The summed E-state index contributed by atoms with van der Waals surface area (Å²) in [5.74, 6) is -0.678. The van der Waals surface area contributed by atoms with Gasteiger partial charge in [0.05, 0.1) is 11.1 Å². The maximum absolute atomic E-state index is 12.5. The molecule has 0 spiro atoms. The van der Waals surface area contributed by atoms with E-state index in [1.165, 1.54) is 6.07 Å². The molecule has 2 nitrogen and oxygen atoms in total. The molecule has 0 atom stereocenters. The molecular weight excluding hydrogens is 326 g/mol. The topological polar surface area (TPSA) is 26.3 Å². The van der Waals surface area contributed by atoms with Gasteiger partial charge in [-0.25, -0.2) is 0 Å². The van der Waals surface area contributed by atoms with E-state index in [9.17, 15) is 31.1 Å². The van der Waals surface area contributed by atoms with Crippen LogP contribution in [0.25, 0.3) is 11.1 Å². The Morgan fingerprint density at radius 2 is 1.39 bits per heavy atom. The summed E-state index contributed by atoms with van der Waals surface area (Å²) in [4.78, 5) is 10.9. The van der Waals surface area contributed by atoms with E-state index in [4.69, 9.17) is 0 Å². The summed E-state index contributed by atoms with van der Waals surface area (Å²) in [5, 5.41) is 0. The quantitative estimate of drug-likeness (QED) is 0.578. The molecule has 122 valence electrons.